The summed E-state index contributed by atoms with van der Waals surface area (Å²) in [5, 5.41) is 2.73. The maximum atomic E-state index is 12.1. The molecule has 130 valence electrons. The van der Waals surface area contributed by atoms with Crippen LogP contribution in [0.25, 0.3) is 0 Å². The second-order valence-corrected chi connectivity index (χ2v) is 8.01. The molecule has 0 radical (unpaired) electrons. The van der Waals surface area contributed by atoms with Crippen LogP contribution in [0.2, 0.25) is 0 Å². The molecule has 0 spiro atoms. The van der Waals surface area contributed by atoms with Crippen molar-refractivity contribution in [3.05, 3.63) is 24.3 Å². The summed E-state index contributed by atoms with van der Waals surface area (Å²) in [5.74, 6) is 0.384. The minimum atomic E-state index is -3.62. The molecule has 1 N–H and O–H groups in total. The van der Waals surface area contributed by atoms with Crippen molar-refractivity contribution in [1.82, 2.24) is 5.32 Å². The van der Waals surface area contributed by atoms with Crippen LogP contribution in [-0.4, -0.2) is 39.8 Å². The molecular formula is C16H26N2O4S. The zero-order valence-electron chi connectivity index (χ0n) is 14.4. The Bertz CT molecular complexity index is 627. The molecule has 1 amide bonds. The van der Waals surface area contributed by atoms with Crippen molar-refractivity contribution >= 4 is 21.6 Å². The highest BCUT2D eigenvalue weighted by Gasteiger charge is 2.24. The van der Waals surface area contributed by atoms with E-state index in [2.05, 4.69) is 5.32 Å². The number of rotatable bonds is 8. The van der Waals surface area contributed by atoms with Gasteiger partial charge >= 0.3 is 0 Å². The number of benzene rings is 1. The first-order chi connectivity index (χ1) is 10.6. The van der Waals surface area contributed by atoms with Gasteiger partial charge in [-0.05, 0) is 31.9 Å². The number of anilines is 1. The van der Waals surface area contributed by atoms with Crippen molar-refractivity contribution < 1.29 is 17.9 Å². The highest BCUT2D eigenvalue weighted by Crippen LogP contribution is 2.30. The van der Waals surface area contributed by atoms with E-state index in [0.29, 0.717) is 23.9 Å². The minimum absolute atomic E-state index is 0.104. The molecule has 0 heterocycles. The Kier molecular flexibility index (Phi) is 6.87. The number of amides is 1. The Morgan fingerprint density at radius 2 is 1.83 bits per heavy atom. The van der Waals surface area contributed by atoms with Gasteiger partial charge in [-0.25, -0.2) is 8.42 Å². The van der Waals surface area contributed by atoms with Gasteiger partial charge in [-0.1, -0.05) is 26.0 Å². The van der Waals surface area contributed by atoms with Crippen LogP contribution in [0.4, 0.5) is 5.69 Å². The standard InChI is InChI=1S/C16H26N2O4S/c1-12(2)10-17-16(19)11-18(23(5,20)21)14-8-6-7-9-15(14)22-13(3)4/h6-9,12-13H,10-11H2,1-5H3,(H,17,19). The number of hydrogen-bond acceptors (Lipinski definition) is 4. The number of carbonyl (C=O) groups excluding carboxylic acids is 1. The predicted molar refractivity (Wildman–Crippen MR) is 92.2 cm³/mol. The van der Waals surface area contributed by atoms with Crippen molar-refractivity contribution in [1.29, 1.82) is 0 Å². The maximum absolute atomic E-state index is 12.1. The first-order valence-electron chi connectivity index (χ1n) is 7.61. The van der Waals surface area contributed by atoms with Gasteiger partial charge in [0, 0.05) is 6.54 Å². The topological polar surface area (TPSA) is 75.7 Å². The summed E-state index contributed by atoms with van der Waals surface area (Å²) in [5.41, 5.74) is 0.364. The van der Waals surface area contributed by atoms with Crippen LogP contribution in [-0.2, 0) is 14.8 Å². The summed E-state index contributed by atoms with van der Waals surface area (Å²) in [6.45, 7) is 7.89. The lowest BCUT2D eigenvalue weighted by Gasteiger charge is -2.25. The van der Waals surface area contributed by atoms with E-state index in [1.807, 2.05) is 27.7 Å². The maximum Gasteiger partial charge on any atom is 0.240 e. The summed E-state index contributed by atoms with van der Waals surface area (Å²) in [6, 6.07) is 6.81. The quantitative estimate of drug-likeness (QED) is 0.784. The lowest BCUT2D eigenvalue weighted by Crippen LogP contribution is -2.41. The molecule has 0 atom stereocenters. The molecular weight excluding hydrogens is 316 g/mol. The van der Waals surface area contributed by atoms with E-state index < -0.39 is 10.0 Å². The van der Waals surface area contributed by atoms with E-state index in [0.717, 1.165) is 10.6 Å². The van der Waals surface area contributed by atoms with Crippen molar-refractivity contribution in [2.45, 2.75) is 33.8 Å². The number of hydrogen-bond donors (Lipinski definition) is 1. The number of ether oxygens (including phenoxy) is 1. The Morgan fingerprint density at radius 1 is 1.22 bits per heavy atom. The SMILES string of the molecule is CC(C)CNC(=O)CN(c1ccccc1OC(C)C)S(C)(=O)=O. The first kappa shape index (κ1) is 19.3. The van der Waals surface area contributed by atoms with E-state index in [4.69, 9.17) is 4.74 Å². The Balaban J connectivity index is 3.07. The Morgan fingerprint density at radius 3 is 2.35 bits per heavy atom. The number of sulfonamides is 1. The molecule has 1 rings (SSSR count). The highest BCUT2D eigenvalue weighted by molar-refractivity contribution is 7.92. The van der Waals surface area contributed by atoms with Gasteiger partial charge in [0.2, 0.25) is 15.9 Å². The highest BCUT2D eigenvalue weighted by atomic mass is 32.2. The minimum Gasteiger partial charge on any atom is -0.489 e. The average Bonchev–Trinajstić information content (AvgIpc) is 2.41. The summed E-state index contributed by atoms with van der Waals surface area (Å²) >= 11 is 0. The van der Waals surface area contributed by atoms with E-state index >= 15 is 0 Å². The van der Waals surface area contributed by atoms with Crippen LogP contribution >= 0.6 is 0 Å². The molecule has 0 saturated heterocycles. The summed E-state index contributed by atoms with van der Waals surface area (Å²) < 4.78 is 31.0. The smallest absolute Gasteiger partial charge is 0.240 e. The zero-order chi connectivity index (χ0) is 17.6. The van der Waals surface area contributed by atoms with Gasteiger partial charge in [0.1, 0.15) is 12.3 Å². The van der Waals surface area contributed by atoms with Gasteiger partial charge in [0.15, 0.2) is 0 Å². The van der Waals surface area contributed by atoms with E-state index in [1.165, 1.54) is 0 Å². The molecule has 0 aliphatic heterocycles. The third-order valence-corrected chi connectivity index (χ3v) is 4.02. The van der Waals surface area contributed by atoms with Gasteiger partial charge in [0.25, 0.3) is 0 Å². The molecule has 0 bridgehead atoms. The normalized spacial score (nSPS) is 11.6. The van der Waals surface area contributed by atoms with Crippen molar-refractivity contribution in [3.63, 3.8) is 0 Å². The second kappa shape index (κ2) is 8.19. The van der Waals surface area contributed by atoms with Gasteiger partial charge in [0.05, 0.1) is 18.0 Å². The lowest BCUT2D eigenvalue weighted by atomic mass is 10.2. The molecule has 0 saturated carbocycles. The van der Waals surface area contributed by atoms with Crippen molar-refractivity contribution in [3.8, 4) is 5.75 Å². The molecule has 0 aliphatic carbocycles. The molecule has 1 aromatic rings. The summed E-state index contributed by atoms with van der Waals surface area (Å²) in [4.78, 5) is 12.1. The fourth-order valence-corrected chi connectivity index (χ4v) is 2.76. The van der Waals surface area contributed by atoms with E-state index in [-0.39, 0.29) is 18.6 Å². The molecule has 7 heteroatoms. The molecule has 0 fully saturated rings. The van der Waals surface area contributed by atoms with Crippen molar-refractivity contribution in [2.24, 2.45) is 5.92 Å². The van der Waals surface area contributed by atoms with Gasteiger partial charge in [-0.15, -0.1) is 0 Å². The summed E-state index contributed by atoms with van der Waals surface area (Å²) in [7, 11) is -3.62. The number of carbonyl (C=O) groups is 1. The fourth-order valence-electron chi connectivity index (χ4n) is 1.90. The number of para-hydroxylation sites is 2. The van der Waals surface area contributed by atoms with E-state index in [1.54, 1.807) is 24.3 Å². The second-order valence-electron chi connectivity index (χ2n) is 6.10. The molecule has 23 heavy (non-hydrogen) atoms. The van der Waals surface area contributed by atoms with Crippen LogP contribution in [0.3, 0.4) is 0 Å². The van der Waals surface area contributed by atoms with Gasteiger partial charge in [-0.2, -0.15) is 0 Å². The molecule has 0 aromatic heterocycles. The molecule has 1 aromatic carbocycles. The fraction of sp³-hybridized carbons (Fsp3) is 0.562. The first-order valence-corrected chi connectivity index (χ1v) is 9.46. The van der Waals surface area contributed by atoms with Gasteiger partial charge in [-0.3, -0.25) is 9.10 Å². The molecule has 6 nitrogen and oxygen atoms in total. The van der Waals surface area contributed by atoms with Crippen LogP contribution < -0.4 is 14.4 Å². The Hall–Kier alpha value is -1.76. The van der Waals surface area contributed by atoms with Crippen LogP contribution in [0, 0.1) is 5.92 Å². The average molecular weight is 342 g/mol. The lowest BCUT2D eigenvalue weighted by molar-refractivity contribution is -0.119. The van der Waals surface area contributed by atoms with Crippen LogP contribution in [0.5, 0.6) is 5.75 Å². The molecule has 0 unspecified atom stereocenters. The third kappa shape index (κ3) is 6.48. The van der Waals surface area contributed by atoms with Crippen LogP contribution in [0.1, 0.15) is 27.7 Å². The summed E-state index contributed by atoms with van der Waals surface area (Å²) in [6.07, 6.45) is 0.974. The monoisotopic (exact) mass is 342 g/mol. The third-order valence-electron chi connectivity index (χ3n) is 2.89. The molecule has 0 aliphatic rings. The number of nitrogens with one attached hydrogen (secondary N) is 1. The zero-order valence-corrected chi connectivity index (χ0v) is 15.2. The largest absolute Gasteiger partial charge is 0.489 e. The predicted octanol–water partition coefficient (Wildman–Crippen LogP) is 2.01. The van der Waals surface area contributed by atoms with Gasteiger partial charge < -0.3 is 10.1 Å². The Labute approximate surface area is 138 Å². The number of nitrogens with zero attached hydrogens (tertiary/aromatic N) is 1. The van der Waals surface area contributed by atoms with E-state index in [9.17, 15) is 13.2 Å². The van der Waals surface area contributed by atoms with Crippen LogP contribution in [0.15, 0.2) is 24.3 Å². The van der Waals surface area contributed by atoms with Crippen molar-refractivity contribution in [2.75, 3.05) is 23.7 Å².